The van der Waals surface area contributed by atoms with Gasteiger partial charge in [-0.15, -0.1) is 11.3 Å². The van der Waals surface area contributed by atoms with E-state index in [1.807, 2.05) is 0 Å². The van der Waals surface area contributed by atoms with Gasteiger partial charge in [-0.05, 0) is 18.2 Å². The molecule has 1 heterocycles. The van der Waals surface area contributed by atoms with Crippen LogP contribution in [0, 0.1) is 5.82 Å². The molecule has 7 heteroatoms. The van der Waals surface area contributed by atoms with Gasteiger partial charge in [0.05, 0.1) is 7.11 Å². The zero-order valence-corrected chi connectivity index (χ0v) is 11.5. The normalized spacial score (nSPS) is 10.3. The van der Waals surface area contributed by atoms with Gasteiger partial charge >= 0.3 is 5.97 Å². The molecule has 0 aliphatic heterocycles. The summed E-state index contributed by atoms with van der Waals surface area (Å²) in [6.45, 7) is 1.27. The summed E-state index contributed by atoms with van der Waals surface area (Å²) in [5, 5.41) is 9.35. The Morgan fingerprint density at radius 2 is 2.10 bits per heavy atom. The number of ether oxygens (including phenoxy) is 1. The van der Waals surface area contributed by atoms with Gasteiger partial charge in [0.1, 0.15) is 9.88 Å². The number of aromatic carboxylic acids is 1. The summed E-state index contributed by atoms with van der Waals surface area (Å²) in [5.74, 6) is -2.15. The van der Waals surface area contributed by atoms with Gasteiger partial charge in [-0.25, -0.2) is 14.2 Å². The highest BCUT2D eigenvalue weighted by atomic mass is 32.1. The van der Waals surface area contributed by atoms with Gasteiger partial charge in [0.2, 0.25) is 0 Å². The number of carboxylic acids is 1. The SMILES string of the molecule is COc1cc(-c2nc(C(=O)O)c(C(C)=O)s2)ccc1F. The maximum absolute atomic E-state index is 13.3. The third-order valence-electron chi connectivity index (χ3n) is 2.55. The number of carbonyl (C=O) groups excluding carboxylic acids is 1. The van der Waals surface area contributed by atoms with Crippen LogP contribution in [0.3, 0.4) is 0 Å². The van der Waals surface area contributed by atoms with Gasteiger partial charge in [-0.1, -0.05) is 0 Å². The first kappa shape index (κ1) is 14.1. The number of ketones is 1. The number of nitrogens with zero attached hydrogens (tertiary/aromatic N) is 1. The van der Waals surface area contributed by atoms with Crippen molar-refractivity contribution in [2.24, 2.45) is 0 Å². The number of carboxylic acid groups (broad SMARTS) is 1. The van der Waals surface area contributed by atoms with Crippen LogP contribution in [0.1, 0.15) is 27.1 Å². The van der Waals surface area contributed by atoms with E-state index in [0.29, 0.717) is 10.6 Å². The molecule has 0 spiro atoms. The highest BCUT2D eigenvalue weighted by Gasteiger charge is 2.21. The average Bonchev–Trinajstić information content (AvgIpc) is 2.84. The number of halogens is 1. The summed E-state index contributed by atoms with van der Waals surface area (Å²) in [5.41, 5.74) is 0.198. The van der Waals surface area contributed by atoms with Crippen LogP contribution in [0.4, 0.5) is 4.39 Å². The first-order valence-corrected chi connectivity index (χ1v) is 6.34. The lowest BCUT2D eigenvalue weighted by atomic mass is 10.2. The third kappa shape index (κ3) is 2.53. The number of Topliss-reactive ketones (excluding diaryl/α,β-unsaturated/α-hetero) is 1. The van der Waals surface area contributed by atoms with Crippen molar-refractivity contribution in [2.75, 3.05) is 7.11 Å². The summed E-state index contributed by atoms with van der Waals surface area (Å²) in [7, 11) is 1.33. The van der Waals surface area contributed by atoms with Crippen LogP contribution in [0.25, 0.3) is 10.6 Å². The lowest BCUT2D eigenvalue weighted by molar-refractivity contribution is 0.0687. The second-order valence-corrected chi connectivity index (χ2v) is 4.91. The van der Waals surface area contributed by atoms with Gasteiger partial charge in [-0.3, -0.25) is 4.79 Å². The number of hydrogen-bond acceptors (Lipinski definition) is 5. The second kappa shape index (κ2) is 5.38. The molecule has 0 amide bonds. The van der Waals surface area contributed by atoms with Crippen LogP contribution in [-0.4, -0.2) is 29.0 Å². The highest BCUT2D eigenvalue weighted by Crippen LogP contribution is 2.31. The summed E-state index contributed by atoms with van der Waals surface area (Å²) in [4.78, 5) is 26.5. The minimum absolute atomic E-state index is 0.0268. The van der Waals surface area contributed by atoms with E-state index in [1.165, 1.54) is 32.2 Å². The molecule has 2 rings (SSSR count). The fourth-order valence-corrected chi connectivity index (χ4v) is 2.57. The fraction of sp³-hybridized carbons (Fsp3) is 0.154. The van der Waals surface area contributed by atoms with Crippen molar-refractivity contribution in [3.05, 3.63) is 34.6 Å². The Morgan fingerprint density at radius 1 is 1.40 bits per heavy atom. The van der Waals surface area contributed by atoms with Crippen LogP contribution in [0.5, 0.6) is 5.75 Å². The van der Waals surface area contributed by atoms with Gasteiger partial charge in [0.25, 0.3) is 0 Å². The Morgan fingerprint density at radius 3 is 2.60 bits per heavy atom. The Hall–Kier alpha value is -2.28. The van der Waals surface area contributed by atoms with Gasteiger partial charge in [0, 0.05) is 12.5 Å². The quantitative estimate of drug-likeness (QED) is 0.878. The first-order chi connectivity index (χ1) is 9.43. The predicted octanol–water partition coefficient (Wildman–Crippen LogP) is 2.86. The van der Waals surface area contributed by atoms with Crippen molar-refractivity contribution >= 4 is 23.1 Å². The largest absolute Gasteiger partial charge is 0.494 e. The molecule has 1 N–H and O–H groups in total. The number of rotatable bonds is 4. The molecular weight excluding hydrogens is 285 g/mol. The Bertz CT molecular complexity index is 664. The van der Waals surface area contributed by atoms with E-state index in [0.717, 1.165) is 11.3 Å². The summed E-state index contributed by atoms with van der Waals surface area (Å²) in [6, 6.07) is 4.05. The van der Waals surface area contributed by atoms with E-state index in [2.05, 4.69) is 4.98 Å². The van der Waals surface area contributed by atoms with Crippen molar-refractivity contribution in [3.63, 3.8) is 0 Å². The van der Waals surface area contributed by atoms with Crippen molar-refractivity contribution in [1.82, 2.24) is 4.98 Å². The van der Waals surface area contributed by atoms with Crippen LogP contribution in [-0.2, 0) is 0 Å². The molecule has 0 atom stereocenters. The summed E-state index contributed by atoms with van der Waals surface area (Å²) < 4.78 is 18.2. The Kier molecular flexibility index (Phi) is 3.80. The molecule has 0 aliphatic carbocycles. The Labute approximate surface area is 117 Å². The zero-order valence-electron chi connectivity index (χ0n) is 10.6. The van der Waals surface area contributed by atoms with Crippen LogP contribution in [0.2, 0.25) is 0 Å². The third-order valence-corrected chi connectivity index (χ3v) is 3.75. The second-order valence-electron chi connectivity index (χ2n) is 3.91. The van der Waals surface area contributed by atoms with Crippen LogP contribution in [0.15, 0.2) is 18.2 Å². The minimum atomic E-state index is -1.27. The number of carbonyl (C=O) groups is 2. The maximum Gasteiger partial charge on any atom is 0.356 e. The molecule has 0 saturated carbocycles. The highest BCUT2D eigenvalue weighted by molar-refractivity contribution is 7.17. The molecule has 0 saturated heterocycles. The topological polar surface area (TPSA) is 76.5 Å². The maximum atomic E-state index is 13.3. The molecule has 1 aromatic heterocycles. The lowest BCUT2D eigenvalue weighted by Gasteiger charge is -2.03. The van der Waals surface area contributed by atoms with Gasteiger partial charge in [-0.2, -0.15) is 0 Å². The fourth-order valence-electron chi connectivity index (χ4n) is 1.62. The van der Waals surface area contributed by atoms with Crippen molar-refractivity contribution in [3.8, 4) is 16.3 Å². The van der Waals surface area contributed by atoms with E-state index >= 15 is 0 Å². The molecule has 0 aliphatic rings. The molecular formula is C13H10FNO4S. The Balaban J connectivity index is 2.56. The number of benzene rings is 1. The standard InChI is InChI=1S/C13H10FNO4S/c1-6(16)11-10(13(17)18)15-12(20-11)7-3-4-8(14)9(5-7)19-2/h3-5H,1-2H3,(H,17,18). The van der Waals surface area contributed by atoms with Crippen molar-refractivity contribution in [2.45, 2.75) is 6.92 Å². The van der Waals surface area contributed by atoms with Crippen molar-refractivity contribution in [1.29, 1.82) is 0 Å². The molecule has 0 radical (unpaired) electrons. The lowest BCUT2D eigenvalue weighted by Crippen LogP contribution is -2.03. The molecule has 5 nitrogen and oxygen atoms in total. The first-order valence-electron chi connectivity index (χ1n) is 5.53. The van der Waals surface area contributed by atoms with Gasteiger partial charge < -0.3 is 9.84 Å². The number of hydrogen-bond donors (Lipinski definition) is 1. The number of aromatic nitrogens is 1. The molecule has 0 unspecified atom stereocenters. The van der Waals surface area contributed by atoms with E-state index in [9.17, 15) is 14.0 Å². The van der Waals surface area contributed by atoms with Crippen LogP contribution < -0.4 is 4.74 Å². The van der Waals surface area contributed by atoms with Crippen LogP contribution >= 0.6 is 11.3 Å². The zero-order chi connectivity index (χ0) is 14.9. The molecule has 0 fully saturated rings. The summed E-state index contributed by atoms with van der Waals surface area (Å²) in [6.07, 6.45) is 0. The van der Waals surface area contributed by atoms with Gasteiger partial charge in [0.15, 0.2) is 23.0 Å². The predicted molar refractivity (Wildman–Crippen MR) is 71.0 cm³/mol. The minimum Gasteiger partial charge on any atom is -0.494 e. The molecule has 0 bridgehead atoms. The molecule has 104 valence electrons. The average molecular weight is 295 g/mol. The monoisotopic (exact) mass is 295 g/mol. The smallest absolute Gasteiger partial charge is 0.356 e. The molecule has 1 aromatic carbocycles. The van der Waals surface area contributed by atoms with E-state index in [-0.39, 0.29) is 22.1 Å². The molecule has 20 heavy (non-hydrogen) atoms. The van der Waals surface area contributed by atoms with E-state index in [4.69, 9.17) is 9.84 Å². The van der Waals surface area contributed by atoms with E-state index < -0.39 is 11.8 Å². The van der Waals surface area contributed by atoms with Crippen molar-refractivity contribution < 1.29 is 23.8 Å². The molecule has 2 aromatic rings. The number of methoxy groups -OCH3 is 1. The van der Waals surface area contributed by atoms with E-state index in [1.54, 1.807) is 0 Å². The number of thiazole rings is 1. The summed E-state index contributed by atoms with van der Waals surface area (Å²) >= 11 is 0.955.